The molecule has 2 aliphatic heterocycles. The van der Waals surface area contributed by atoms with Crippen LogP contribution in [0.4, 0.5) is 10.5 Å². The molecule has 1 aliphatic carbocycles. The van der Waals surface area contributed by atoms with Crippen molar-refractivity contribution >= 4 is 46.3 Å². The maximum Gasteiger partial charge on any atom is 0.407 e. The first kappa shape index (κ1) is 21.2. The summed E-state index contributed by atoms with van der Waals surface area (Å²) in [5.41, 5.74) is 7.91. The van der Waals surface area contributed by atoms with Gasteiger partial charge in [0.1, 0.15) is 0 Å². The molecule has 0 spiro atoms. The van der Waals surface area contributed by atoms with E-state index < -0.39 is 6.09 Å². The highest BCUT2D eigenvalue weighted by Crippen LogP contribution is 2.48. The van der Waals surface area contributed by atoms with Crippen LogP contribution in [0.25, 0.3) is 16.5 Å². The number of rotatable bonds is 4. The van der Waals surface area contributed by atoms with Crippen molar-refractivity contribution in [3.8, 4) is 0 Å². The molecular weight excluding hydrogens is 446 g/mol. The third-order valence-electron chi connectivity index (χ3n) is 6.96. The fraction of sp³-hybridized carbons (Fsp3) is 0.231. The van der Waals surface area contributed by atoms with Gasteiger partial charge in [-0.15, -0.1) is 0 Å². The lowest BCUT2D eigenvalue weighted by Crippen LogP contribution is -2.33. The topological polar surface area (TPSA) is 127 Å². The number of amides is 3. The number of nitrogens with one attached hydrogen (secondary N) is 3. The average molecular weight is 470 g/mol. The van der Waals surface area contributed by atoms with Gasteiger partial charge in [0, 0.05) is 41.2 Å². The van der Waals surface area contributed by atoms with E-state index in [4.69, 9.17) is 0 Å². The molecule has 2 atom stereocenters. The predicted octanol–water partition coefficient (Wildman–Crippen LogP) is 3.75. The summed E-state index contributed by atoms with van der Waals surface area (Å²) in [4.78, 5) is 41.7. The van der Waals surface area contributed by atoms with E-state index in [2.05, 4.69) is 20.8 Å². The first-order valence-electron chi connectivity index (χ1n) is 11.6. The van der Waals surface area contributed by atoms with Gasteiger partial charge in [0.05, 0.1) is 17.5 Å². The number of carbonyl (C=O) groups excluding carboxylic acids is 2. The smallest absolute Gasteiger partial charge is 0.407 e. The fourth-order valence-electron chi connectivity index (χ4n) is 5.07. The minimum atomic E-state index is -0.945. The van der Waals surface area contributed by atoms with Gasteiger partial charge in [-0.2, -0.15) is 5.10 Å². The molecule has 0 radical (unpaired) electrons. The highest BCUT2D eigenvalue weighted by Gasteiger charge is 2.44. The van der Waals surface area contributed by atoms with Crippen molar-refractivity contribution in [3.05, 3.63) is 70.9 Å². The number of hydrogen-bond acceptors (Lipinski definition) is 4. The Labute approximate surface area is 200 Å². The van der Waals surface area contributed by atoms with Gasteiger partial charge in [-0.25, -0.2) is 10.2 Å². The Kier molecular flexibility index (Phi) is 4.91. The molecule has 9 nitrogen and oxygen atoms in total. The standard InChI is InChI=1S/C26H23N5O4/c32-24(18-12-17(18)14-4-2-1-3-5-14)28-16-10-19-22-20(13-27-30-25(19)33)23(29-21(22)11-16)15-6-8-31(9-7-15)26(34)35/h1-6,10-11,13,17-18,29H,7-9,12H2,(H,28,32)(H,30,33)(H,34,35). The summed E-state index contributed by atoms with van der Waals surface area (Å²) in [6, 6.07) is 13.5. The van der Waals surface area contributed by atoms with Crippen LogP contribution in [0.5, 0.6) is 0 Å². The van der Waals surface area contributed by atoms with Crippen molar-refractivity contribution in [1.29, 1.82) is 0 Å². The van der Waals surface area contributed by atoms with Gasteiger partial charge in [-0.05, 0) is 42.0 Å². The molecule has 9 heteroatoms. The number of carbonyl (C=O) groups is 3. The molecule has 0 saturated heterocycles. The Morgan fingerprint density at radius 2 is 2.00 bits per heavy atom. The van der Waals surface area contributed by atoms with Crippen LogP contribution in [0.1, 0.15) is 45.9 Å². The normalized spacial score (nSPS) is 20.7. The third-order valence-corrected chi connectivity index (χ3v) is 6.96. The maximum absolute atomic E-state index is 13.0. The number of nitrogens with zero attached hydrogens (tertiary/aromatic N) is 2. The van der Waals surface area contributed by atoms with Gasteiger partial charge in [0.25, 0.3) is 5.91 Å². The molecule has 3 amide bonds. The zero-order valence-electron chi connectivity index (χ0n) is 18.7. The summed E-state index contributed by atoms with van der Waals surface area (Å²) in [5.74, 6) is -0.296. The van der Waals surface area contributed by atoms with Gasteiger partial charge in [0.2, 0.25) is 5.91 Å². The third kappa shape index (κ3) is 3.74. The number of hydrazone groups is 1. The van der Waals surface area contributed by atoms with Crippen molar-refractivity contribution in [2.75, 3.05) is 18.4 Å². The second-order valence-electron chi connectivity index (χ2n) is 9.12. The number of benzene rings is 2. The van der Waals surface area contributed by atoms with Crippen LogP contribution in [0.3, 0.4) is 0 Å². The fourth-order valence-corrected chi connectivity index (χ4v) is 5.07. The van der Waals surface area contributed by atoms with Gasteiger partial charge >= 0.3 is 6.09 Å². The molecule has 176 valence electrons. The van der Waals surface area contributed by atoms with Crippen LogP contribution in [0.2, 0.25) is 0 Å². The van der Waals surface area contributed by atoms with Gasteiger partial charge < -0.3 is 20.3 Å². The van der Waals surface area contributed by atoms with Crippen LogP contribution >= 0.6 is 0 Å². The van der Waals surface area contributed by atoms with Crippen molar-refractivity contribution in [2.45, 2.75) is 18.8 Å². The van der Waals surface area contributed by atoms with Crippen molar-refractivity contribution in [1.82, 2.24) is 15.3 Å². The van der Waals surface area contributed by atoms with E-state index in [1.165, 1.54) is 4.90 Å². The summed E-state index contributed by atoms with van der Waals surface area (Å²) in [6.07, 6.45) is 3.89. The summed E-state index contributed by atoms with van der Waals surface area (Å²) >= 11 is 0. The number of hydrogen-bond donors (Lipinski definition) is 4. The molecule has 2 aromatic carbocycles. The van der Waals surface area contributed by atoms with Gasteiger partial charge in [-0.1, -0.05) is 36.4 Å². The van der Waals surface area contributed by atoms with E-state index in [1.54, 1.807) is 12.3 Å². The van der Waals surface area contributed by atoms with Gasteiger partial charge in [0.15, 0.2) is 0 Å². The summed E-state index contributed by atoms with van der Waals surface area (Å²) in [5, 5.41) is 17.0. The monoisotopic (exact) mass is 469 g/mol. The Morgan fingerprint density at radius 3 is 2.74 bits per heavy atom. The zero-order valence-corrected chi connectivity index (χ0v) is 18.7. The molecule has 1 saturated carbocycles. The lowest BCUT2D eigenvalue weighted by molar-refractivity contribution is -0.117. The molecule has 2 unspecified atom stereocenters. The van der Waals surface area contributed by atoms with E-state index in [0.29, 0.717) is 36.3 Å². The number of aromatic nitrogens is 1. The molecule has 3 heterocycles. The molecule has 3 aliphatic rings. The van der Waals surface area contributed by atoms with E-state index >= 15 is 0 Å². The van der Waals surface area contributed by atoms with E-state index in [0.717, 1.165) is 34.2 Å². The zero-order chi connectivity index (χ0) is 24.1. The second-order valence-corrected chi connectivity index (χ2v) is 9.12. The Balaban J connectivity index is 1.32. The Morgan fingerprint density at radius 1 is 1.17 bits per heavy atom. The van der Waals surface area contributed by atoms with Crippen LogP contribution in [-0.4, -0.2) is 52.2 Å². The highest BCUT2D eigenvalue weighted by molar-refractivity contribution is 6.17. The van der Waals surface area contributed by atoms with E-state index in [-0.39, 0.29) is 23.7 Å². The summed E-state index contributed by atoms with van der Waals surface area (Å²) in [7, 11) is 0. The molecule has 35 heavy (non-hydrogen) atoms. The Bertz CT molecular complexity index is 1440. The van der Waals surface area contributed by atoms with Crippen LogP contribution in [0.15, 0.2) is 53.6 Å². The molecule has 3 aromatic rings. The molecule has 1 fully saturated rings. The Hall–Kier alpha value is -4.40. The quantitative estimate of drug-likeness (QED) is 0.464. The largest absolute Gasteiger partial charge is 0.465 e. The van der Waals surface area contributed by atoms with Crippen molar-refractivity contribution in [2.24, 2.45) is 11.0 Å². The van der Waals surface area contributed by atoms with Crippen LogP contribution in [0, 0.1) is 5.92 Å². The minimum Gasteiger partial charge on any atom is -0.465 e. The molecule has 1 aromatic heterocycles. The number of aromatic amines is 1. The minimum absolute atomic E-state index is 0.0635. The molecule has 4 N–H and O–H groups in total. The lowest BCUT2D eigenvalue weighted by atomic mass is 9.98. The number of H-pyrrole nitrogens is 1. The molecule has 0 bridgehead atoms. The highest BCUT2D eigenvalue weighted by atomic mass is 16.4. The molecular formula is C26H23N5O4. The number of carboxylic acid groups (broad SMARTS) is 1. The van der Waals surface area contributed by atoms with Crippen molar-refractivity contribution in [3.63, 3.8) is 0 Å². The van der Waals surface area contributed by atoms with E-state index in [1.807, 2.05) is 42.5 Å². The first-order chi connectivity index (χ1) is 17.0. The van der Waals surface area contributed by atoms with Crippen LogP contribution < -0.4 is 10.7 Å². The maximum atomic E-state index is 13.0. The van der Waals surface area contributed by atoms with E-state index in [9.17, 15) is 19.5 Å². The predicted molar refractivity (Wildman–Crippen MR) is 131 cm³/mol. The summed E-state index contributed by atoms with van der Waals surface area (Å²) < 4.78 is 0. The van der Waals surface area contributed by atoms with Gasteiger partial charge in [-0.3, -0.25) is 9.59 Å². The first-order valence-corrected chi connectivity index (χ1v) is 11.6. The average Bonchev–Trinajstić information content (AvgIpc) is 3.62. The van der Waals surface area contributed by atoms with Crippen LogP contribution in [-0.2, 0) is 4.79 Å². The van der Waals surface area contributed by atoms with Crippen molar-refractivity contribution < 1.29 is 19.5 Å². The second kappa shape index (κ2) is 8.12. The number of anilines is 1. The lowest BCUT2D eigenvalue weighted by Gasteiger charge is -2.23. The SMILES string of the molecule is O=C1NN=Cc2c(C3=CCN(C(=O)O)CC3)[nH]c3cc(NC(=O)C4CC4c4ccccc4)cc1c23. The molecule has 6 rings (SSSR count). The summed E-state index contributed by atoms with van der Waals surface area (Å²) in [6.45, 7) is 0.689.